The van der Waals surface area contributed by atoms with Crippen LogP contribution in [0.15, 0.2) is 4.99 Å². The molecule has 32 heavy (non-hydrogen) atoms. The SMILES string of the molecule is CCNC(=NCC(CC)(CC)NC(=O)OC(C)(C)C)N1CCC(CN2CCOCC2)C1.I. The van der Waals surface area contributed by atoms with Crippen LogP contribution in [0, 0.1) is 5.92 Å². The van der Waals surface area contributed by atoms with Gasteiger partial charge in [-0.25, -0.2) is 4.79 Å². The first-order chi connectivity index (χ1) is 14.7. The third-order valence-corrected chi connectivity index (χ3v) is 6.19. The summed E-state index contributed by atoms with van der Waals surface area (Å²) in [6, 6.07) is 0. The average Bonchev–Trinajstić information content (AvgIpc) is 3.17. The summed E-state index contributed by atoms with van der Waals surface area (Å²) in [5, 5.41) is 6.56. The first-order valence-corrected chi connectivity index (χ1v) is 12.0. The number of guanidine groups is 1. The van der Waals surface area contributed by atoms with Crippen molar-refractivity contribution in [3.63, 3.8) is 0 Å². The van der Waals surface area contributed by atoms with Crippen LogP contribution in [-0.2, 0) is 9.47 Å². The molecule has 1 atom stereocenters. The molecular weight excluding hydrogens is 521 g/mol. The van der Waals surface area contributed by atoms with E-state index in [2.05, 4.69) is 41.2 Å². The highest BCUT2D eigenvalue weighted by molar-refractivity contribution is 14.0. The molecule has 0 saturated carbocycles. The number of halogens is 1. The number of alkyl carbamates (subject to hydrolysis) is 1. The lowest BCUT2D eigenvalue weighted by atomic mass is 9.93. The fourth-order valence-electron chi connectivity index (χ4n) is 4.18. The summed E-state index contributed by atoms with van der Waals surface area (Å²) in [7, 11) is 0. The fraction of sp³-hybridized carbons (Fsp3) is 0.913. The Morgan fingerprint density at radius 1 is 1.12 bits per heavy atom. The number of likely N-dealkylation sites (tertiary alicyclic amines) is 1. The highest BCUT2D eigenvalue weighted by Gasteiger charge is 2.32. The number of carbonyl (C=O) groups is 1. The molecule has 0 aromatic heterocycles. The van der Waals surface area contributed by atoms with Gasteiger partial charge in [-0.2, -0.15) is 0 Å². The number of aliphatic imine (C=N–C) groups is 1. The molecule has 1 unspecified atom stereocenters. The molecule has 1 amide bonds. The molecule has 2 N–H and O–H groups in total. The van der Waals surface area contributed by atoms with Crippen molar-refractivity contribution < 1.29 is 14.3 Å². The maximum Gasteiger partial charge on any atom is 0.408 e. The monoisotopic (exact) mass is 567 g/mol. The highest BCUT2D eigenvalue weighted by atomic mass is 127. The minimum Gasteiger partial charge on any atom is -0.444 e. The molecule has 2 aliphatic rings. The van der Waals surface area contributed by atoms with E-state index < -0.39 is 11.1 Å². The summed E-state index contributed by atoms with van der Waals surface area (Å²) in [4.78, 5) is 22.3. The van der Waals surface area contributed by atoms with Crippen molar-refractivity contribution in [2.45, 2.75) is 71.9 Å². The van der Waals surface area contributed by atoms with E-state index in [4.69, 9.17) is 14.5 Å². The Labute approximate surface area is 212 Å². The molecule has 9 heteroatoms. The van der Waals surface area contributed by atoms with Crippen molar-refractivity contribution in [2.24, 2.45) is 10.9 Å². The number of morpholine rings is 1. The van der Waals surface area contributed by atoms with Gasteiger partial charge in [0.1, 0.15) is 5.60 Å². The summed E-state index contributed by atoms with van der Waals surface area (Å²) in [6.45, 7) is 20.2. The minimum atomic E-state index is -0.513. The van der Waals surface area contributed by atoms with Crippen molar-refractivity contribution in [2.75, 3.05) is 59.0 Å². The first-order valence-electron chi connectivity index (χ1n) is 12.0. The molecular formula is C23H46IN5O3. The molecule has 188 valence electrons. The molecule has 0 aromatic carbocycles. The zero-order valence-electron chi connectivity index (χ0n) is 21.0. The van der Waals surface area contributed by atoms with Crippen molar-refractivity contribution in [3.05, 3.63) is 0 Å². The van der Waals surface area contributed by atoms with Crippen LogP contribution in [0.5, 0.6) is 0 Å². The number of carbonyl (C=O) groups excluding carboxylic acids is 1. The van der Waals surface area contributed by atoms with Crippen molar-refractivity contribution in [1.82, 2.24) is 20.4 Å². The second-order valence-electron chi connectivity index (χ2n) is 9.80. The molecule has 0 aliphatic carbocycles. The largest absolute Gasteiger partial charge is 0.444 e. The van der Waals surface area contributed by atoms with Gasteiger partial charge in [0, 0.05) is 39.3 Å². The van der Waals surface area contributed by atoms with E-state index >= 15 is 0 Å². The molecule has 2 rings (SSSR count). The number of nitrogens with one attached hydrogen (secondary N) is 2. The standard InChI is InChI=1S/C23H45N5O3.HI/c1-7-23(8-2,26-21(29)31-22(4,5)6)18-25-20(24-9-3)28-11-10-19(17-28)16-27-12-14-30-15-13-27;/h19H,7-18H2,1-6H3,(H,24,25)(H,26,29);1H. The number of hydrogen-bond donors (Lipinski definition) is 2. The molecule has 2 saturated heterocycles. The molecule has 8 nitrogen and oxygen atoms in total. The molecule has 2 fully saturated rings. The molecule has 0 radical (unpaired) electrons. The molecule has 0 bridgehead atoms. The quantitative estimate of drug-likeness (QED) is 0.266. The predicted octanol–water partition coefficient (Wildman–Crippen LogP) is 3.31. The number of amides is 1. The van der Waals surface area contributed by atoms with Gasteiger partial charge in [0.05, 0.1) is 25.3 Å². The van der Waals surface area contributed by atoms with Crippen LogP contribution in [0.25, 0.3) is 0 Å². The Morgan fingerprint density at radius 2 is 1.78 bits per heavy atom. The fourth-order valence-corrected chi connectivity index (χ4v) is 4.18. The Morgan fingerprint density at radius 3 is 2.34 bits per heavy atom. The van der Waals surface area contributed by atoms with Crippen molar-refractivity contribution >= 4 is 36.0 Å². The van der Waals surface area contributed by atoms with Crippen LogP contribution in [0.4, 0.5) is 4.79 Å². The zero-order valence-corrected chi connectivity index (χ0v) is 23.4. The zero-order chi connectivity index (χ0) is 22.9. The van der Waals surface area contributed by atoms with Gasteiger partial charge in [0.2, 0.25) is 0 Å². The number of ether oxygens (including phenoxy) is 2. The smallest absolute Gasteiger partial charge is 0.408 e. The van der Waals surface area contributed by atoms with E-state index in [0.29, 0.717) is 12.5 Å². The van der Waals surface area contributed by atoms with E-state index in [0.717, 1.165) is 71.3 Å². The van der Waals surface area contributed by atoms with E-state index in [1.54, 1.807) is 0 Å². The first kappa shape index (κ1) is 29.2. The van der Waals surface area contributed by atoms with Crippen molar-refractivity contribution in [3.8, 4) is 0 Å². The third-order valence-electron chi connectivity index (χ3n) is 6.19. The van der Waals surface area contributed by atoms with Gasteiger partial charge >= 0.3 is 6.09 Å². The third kappa shape index (κ3) is 9.59. The van der Waals surface area contributed by atoms with Crippen LogP contribution in [-0.4, -0.2) is 92.0 Å². The molecule has 2 heterocycles. The predicted molar refractivity (Wildman–Crippen MR) is 141 cm³/mol. The Kier molecular flexibility index (Phi) is 12.6. The topological polar surface area (TPSA) is 78.4 Å². The lowest BCUT2D eigenvalue weighted by Gasteiger charge is -2.33. The van der Waals surface area contributed by atoms with Crippen LogP contribution in [0.3, 0.4) is 0 Å². The van der Waals surface area contributed by atoms with E-state index in [1.807, 2.05) is 20.8 Å². The van der Waals surface area contributed by atoms with Gasteiger partial charge in [-0.15, -0.1) is 24.0 Å². The Bertz CT molecular complexity index is 587. The maximum absolute atomic E-state index is 12.4. The minimum absolute atomic E-state index is 0. The highest BCUT2D eigenvalue weighted by Crippen LogP contribution is 2.21. The van der Waals surface area contributed by atoms with Gasteiger partial charge in [-0.3, -0.25) is 9.89 Å². The lowest BCUT2D eigenvalue weighted by molar-refractivity contribution is 0.0315. The van der Waals surface area contributed by atoms with E-state index in [9.17, 15) is 4.79 Å². The summed E-state index contributed by atoms with van der Waals surface area (Å²) < 4.78 is 11.0. The molecule has 0 aromatic rings. The van der Waals surface area contributed by atoms with Gasteiger partial charge < -0.3 is 25.0 Å². The van der Waals surface area contributed by atoms with Crippen LogP contribution < -0.4 is 10.6 Å². The number of rotatable bonds is 8. The van der Waals surface area contributed by atoms with Crippen LogP contribution in [0.1, 0.15) is 60.8 Å². The van der Waals surface area contributed by atoms with Gasteiger partial charge in [-0.05, 0) is 52.9 Å². The summed E-state index contributed by atoms with van der Waals surface area (Å²) in [5.41, 5.74) is -0.920. The van der Waals surface area contributed by atoms with Gasteiger partial charge in [0.15, 0.2) is 5.96 Å². The second-order valence-corrected chi connectivity index (χ2v) is 9.80. The Hall–Kier alpha value is -0.810. The Balaban J connectivity index is 0.00000512. The number of nitrogens with zero attached hydrogens (tertiary/aromatic N) is 3. The maximum atomic E-state index is 12.4. The average molecular weight is 568 g/mol. The summed E-state index contributed by atoms with van der Waals surface area (Å²) >= 11 is 0. The van der Waals surface area contributed by atoms with Gasteiger partial charge in [0.25, 0.3) is 0 Å². The van der Waals surface area contributed by atoms with E-state index in [1.165, 1.54) is 6.42 Å². The van der Waals surface area contributed by atoms with Crippen LogP contribution in [0.2, 0.25) is 0 Å². The second kappa shape index (κ2) is 13.8. The van der Waals surface area contributed by atoms with Crippen LogP contribution >= 0.6 is 24.0 Å². The normalized spacial score (nSPS) is 20.6. The molecule has 0 spiro atoms. The number of hydrogen-bond acceptors (Lipinski definition) is 5. The van der Waals surface area contributed by atoms with Gasteiger partial charge in [-0.1, -0.05) is 13.8 Å². The summed E-state index contributed by atoms with van der Waals surface area (Å²) in [5.74, 6) is 1.60. The van der Waals surface area contributed by atoms with Crippen molar-refractivity contribution in [1.29, 1.82) is 0 Å². The lowest BCUT2D eigenvalue weighted by Crippen LogP contribution is -2.52. The molecule has 2 aliphatic heterocycles. The summed E-state index contributed by atoms with van der Waals surface area (Å²) in [6.07, 6.45) is 2.41. The van der Waals surface area contributed by atoms with E-state index in [-0.39, 0.29) is 30.1 Å².